The highest BCUT2D eigenvalue weighted by molar-refractivity contribution is 7.92. The highest BCUT2D eigenvalue weighted by Crippen LogP contribution is 2.32. The van der Waals surface area contributed by atoms with E-state index in [9.17, 15) is 23.3 Å². The van der Waals surface area contributed by atoms with Gasteiger partial charge in [0, 0.05) is 6.07 Å². The summed E-state index contributed by atoms with van der Waals surface area (Å²) in [5.74, 6) is 0.121. The summed E-state index contributed by atoms with van der Waals surface area (Å²) in [6.45, 7) is 3.13. The van der Waals surface area contributed by atoms with Gasteiger partial charge < -0.3 is 9.47 Å². The van der Waals surface area contributed by atoms with E-state index >= 15 is 0 Å². The van der Waals surface area contributed by atoms with Crippen LogP contribution < -0.4 is 19.2 Å². The number of nitrogens with zero attached hydrogens (tertiary/aromatic N) is 3. The average molecular weight is 525 g/mol. The lowest BCUT2D eigenvalue weighted by molar-refractivity contribution is -0.384. The summed E-state index contributed by atoms with van der Waals surface area (Å²) < 4.78 is 38.2. The van der Waals surface area contributed by atoms with Crippen molar-refractivity contribution in [3.8, 4) is 11.5 Å². The molecule has 0 aliphatic carbocycles. The molecule has 0 aliphatic rings. The van der Waals surface area contributed by atoms with Crippen molar-refractivity contribution in [2.45, 2.75) is 4.90 Å². The number of rotatable bonds is 12. The zero-order valence-corrected chi connectivity index (χ0v) is 20.6. The third-order valence-electron chi connectivity index (χ3n) is 4.91. The summed E-state index contributed by atoms with van der Waals surface area (Å²) in [4.78, 5) is 23.4. The fourth-order valence-corrected chi connectivity index (χ4v) is 4.68. The summed E-state index contributed by atoms with van der Waals surface area (Å²) in [7, 11) is -2.85. The highest BCUT2D eigenvalue weighted by atomic mass is 32.2. The molecular weight excluding hydrogens is 500 g/mol. The van der Waals surface area contributed by atoms with Crippen LogP contribution in [0.25, 0.3) is 0 Å². The SMILES string of the molecule is C=CCOc1ccc(/C=N\NC(=O)CN(c2ccccc2[N+](=O)[O-])S(=O)(=O)c2ccccc2)cc1OC. The fourth-order valence-electron chi connectivity index (χ4n) is 3.23. The molecule has 0 atom stereocenters. The van der Waals surface area contributed by atoms with Gasteiger partial charge in [-0.25, -0.2) is 18.1 Å². The van der Waals surface area contributed by atoms with E-state index in [4.69, 9.17) is 9.47 Å². The minimum Gasteiger partial charge on any atom is -0.493 e. The van der Waals surface area contributed by atoms with Crippen LogP contribution in [0.4, 0.5) is 11.4 Å². The van der Waals surface area contributed by atoms with E-state index in [0.717, 1.165) is 6.07 Å². The summed E-state index contributed by atoms with van der Waals surface area (Å²) in [6, 6.07) is 17.6. The molecule has 3 rings (SSSR count). The molecule has 12 heteroatoms. The molecule has 11 nitrogen and oxygen atoms in total. The Morgan fingerprint density at radius 2 is 1.81 bits per heavy atom. The average Bonchev–Trinajstić information content (AvgIpc) is 2.91. The second kappa shape index (κ2) is 12.3. The van der Waals surface area contributed by atoms with Crippen molar-refractivity contribution < 1.29 is 27.6 Å². The van der Waals surface area contributed by atoms with Crippen molar-refractivity contribution in [3.05, 3.63) is 101 Å². The number of amides is 1. The zero-order chi connectivity index (χ0) is 26.8. The van der Waals surface area contributed by atoms with Gasteiger partial charge in [-0.1, -0.05) is 43.0 Å². The smallest absolute Gasteiger partial charge is 0.293 e. The molecule has 1 N–H and O–H groups in total. The summed E-state index contributed by atoms with van der Waals surface area (Å²) in [5, 5.41) is 15.5. The number of ether oxygens (including phenoxy) is 2. The van der Waals surface area contributed by atoms with E-state index in [0.29, 0.717) is 28.0 Å². The Bertz CT molecular complexity index is 1410. The normalized spacial score (nSPS) is 11.1. The standard InChI is InChI=1S/C25H24N4O7S/c1-3-15-36-23-14-13-19(16-24(23)35-2)17-26-27-25(30)18-28(21-11-7-8-12-22(21)29(31)32)37(33,34)20-9-5-4-6-10-20/h3-14,16-17H,1,15,18H2,2H3,(H,27,30)/b26-17-. The number of anilines is 1. The molecule has 0 heterocycles. The first-order valence-corrected chi connectivity index (χ1v) is 12.3. The van der Waals surface area contributed by atoms with Gasteiger partial charge in [0.05, 0.1) is 23.1 Å². The number of benzene rings is 3. The molecular formula is C25H24N4O7S. The third-order valence-corrected chi connectivity index (χ3v) is 6.69. The van der Waals surface area contributed by atoms with Crippen molar-refractivity contribution >= 4 is 33.5 Å². The van der Waals surface area contributed by atoms with E-state index in [2.05, 4.69) is 17.1 Å². The largest absolute Gasteiger partial charge is 0.493 e. The molecule has 0 aromatic heterocycles. The second-order valence-electron chi connectivity index (χ2n) is 7.37. The number of sulfonamides is 1. The topological polar surface area (TPSA) is 140 Å². The first kappa shape index (κ1) is 26.9. The number of nitro benzene ring substituents is 1. The van der Waals surface area contributed by atoms with Crippen LogP contribution in [0.1, 0.15) is 5.56 Å². The molecule has 0 fully saturated rings. The first-order chi connectivity index (χ1) is 17.8. The van der Waals surface area contributed by atoms with Crippen molar-refractivity contribution in [1.29, 1.82) is 0 Å². The Labute approximate surface area is 213 Å². The van der Waals surface area contributed by atoms with E-state index < -0.39 is 33.1 Å². The lowest BCUT2D eigenvalue weighted by Gasteiger charge is -2.23. The van der Waals surface area contributed by atoms with Crippen LogP contribution >= 0.6 is 0 Å². The van der Waals surface area contributed by atoms with Crippen molar-refractivity contribution in [1.82, 2.24) is 5.43 Å². The number of para-hydroxylation sites is 2. The quantitative estimate of drug-likeness (QED) is 0.165. The fraction of sp³-hybridized carbons (Fsp3) is 0.120. The molecule has 0 saturated carbocycles. The van der Waals surface area contributed by atoms with Crippen LogP contribution in [0.5, 0.6) is 11.5 Å². The Morgan fingerprint density at radius 3 is 2.49 bits per heavy atom. The Hall–Kier alpha value is -4.71. The highest BCUT2D eigenvalue weighted by Gasteiger charge is 2.31. The van der Waals surface area contributed by atoms with Gasteiger partial charge in [0.15, 0.2) is 11.5 Å². The predicted octanol–water partition coefficient (Wildman–Crippen LogP) is 3.51. The van der Waals surface area contributed by atoms with Gasteiger partial charge in [0.2, 0.25) is 0 Å². The Kier molecular flexibility index (Phi) is 8.95. The number of carbonyl (C=O) groups is 1. The van der Waals surface area contributed by atoms with Gasteiger partial charge in [-0.2, -0.15) is 5.10 Å². The molecule has 37 heavy (non-hydrogen) atoms. The molecule has 192 valence electrons. The van der Waals surface area contributed by atoms with Crippen LogP contribution in [0, 0.1) is 10.1 Å². The van der Waals surface area contributed by atoms with Crippen LogP contribution in [-0.2, 0) is 14.8 Å². The van der Waals surface area contributed by atoms with Crippen LogP contribution in [0.2, 0.25) is 0 Å². The van der Waals surface area contributed by atoms with Gasteiger partial charge in [0.25, 0.3) is 21.6 Å². The minimum absolute atomic E-state index is 0.129. The van der Waals surface area contributed by atoms with Crippen LogP contribution in [-0.4, -0.2) is 45.7 Å². The molecule has 0 unspecified atom stereocenters. The molecule has 0 saturated heterocycles. The van der Waals surface area contributed by atoms with Gasteiger partial charge in [-0.05, 0) is 42.0 Å². The molecule has 0 spiro atoms. The van der Waals surface area contributed by atoms with E-state index in [1.807, 2.05) is 0 Å². The first-order valence-electron chi connectivity index (χ1n) is 10.8. The monoisotopic (exact) mass is 524 g/mol. The zero-order valence-electron chi connectivity index (χ0n) is 19.8. The van der Waals surface area contributed by atoms with Crippen molar-refractivity contribution in [2.75, 3.05) is 24.6 Å². The van der Waals surface area contributed by atoms with E-state index in [1.165, 1.54) is 55.8 Å². The van der Waals surface area contributed by atoms with Crippen LogP contribution in [0.3, 0.4) is 0 Å². The lowest BCUT2D eigenvalue weighted by atomic mass is 10.2. The maximum Gasteiger partial charge on any atom is 0.293 e. The number of methoxy groups -OCH3 is 1. The lowest BCUT2D eigenvalue weighted by Crippen LogP contribution is -2.39. The van der Waals surface area contributed by atoms with E-state index in [-0.39, 0.29) is 10.6 Å². The molecule has 3 aromatic rings. The Morgan fingerprint density at radius 1 is 1.11 bits per heavy atom. The van der Waals surface area contributed by atoms with Gasteiger partial charge in [0.1, 0.15) is 18.8 Å². The molecule has 0 aliphatic heterocycles. The number of carbonyl (C=O) groups excluding carboxylic acids is 1. The Balaban J connectivity index is 1.84. The summed E-state index contributed by atoms with van der Waals surface area (Å²) >= 11 is 0. The number of hydrogen-bond donors (Lipinski definition) is 1. The molecule has 3 aromatic carbocycles. The number of nitro groups is 1. The predicted molar refractivity (Wildman–Crippen MR) is 138 cm³/mol. The van der Waals surface area contributed by atoms with Crippen molar-refractivity contribution in [3.63, 3.8) is 0 Å². The van der Waals surface area contributed by atoms with Crippen molar-refractivity contribution in [2.24, 2.45) is 5.10 Å². The summed E-state index contributed by atoms with van der Waals surface area (Å²) in [5.41, 5.74) is 2.10. The number of hydrazone groups is 1. The van der Waals surface area contributed by atoms with Crippen LogP contribution in [0.15, 0.2) is 95.4 Å². The summed E-state index contributed by atoms with van der Waals surface area (Å²) in [6.07, 6.45) is 2.92. The van der Waals surface area contributed by atoms with Gasteiger partial charge in [-0.15, -0.1) is 0 Å². The number of hydrogen-bond acceptors (Lipinski definition) is 8. The number of nitrogens with one attached hydrogen (secondary N) is 1. The second-order valence-corrected chi connectivity index (χ2v) is 9.24. The van der Waals surface area contributed by atoms with Gasteiger partial charge >= 0.3 is 0 Å². The maximum absolute atomic E-state index is 13.4. The van der Waals surface area contributed by atoms with E-state index in [1.54, 1.807) is 30.3 Å². The third kappa shape index (κ3) is 6.70. The molecule has 0 radical (unpaired) electrons. The minimum atomic E-state index is -4.33. The van der Waals surface area contributed by atoms with Gasteiger partial charge in [-0.3, -0.25) is 14.9 Å². The maximum atomic E-state index is 13.4. The molecule has 0 bridgehead atoms. The molecule has 1 amide bonds.